The van der Waals surface area contributed by atoms with E-state index in [1.54, 1.807) is 6.08 Å². The Hall–Kier alpha value is -0.710. The second kappa shape index (κ2) is 14.8. The Kier molecular flexibility index (Phi) is 13.6. The van der Waals surface area contributed by atoms with Gasteiger partial charge in [-0.15, -0.1) is 0 Å². The summed E-state index contributed by atoms with van der Waals surface area (Å²) in [5.41, 5.74) is 2.01. The number of rotatable bonds is 11. The summed E-state index contributed by atoms with van der Waals surface area (Å²) >= 11 is 0. The molecule has 2 aliphatic carbocycles. The Labute approximate surface area is 211 Å². The average Bonchev–Trinajstić information content (AvgIpc) is 2.73. The molecule has 0 aromatic heterocycles. The Morgan fingerprint density at radius 1 is 0.941 bits per heavy atom. The van der Waals surface area contributed by atoms with Gasteiger partial charge < -0.3 is 14.2 Å². The van der Waals surface area contributed by atoms with Gasteiger partial charge in [-0.2, -0.15) is 0 Å². The summed E-state index contributed by atoms with van der Waals surface area (Å²) in [5.74, 6) is 1.23. The molecule has 0 N–H and O–H groups in total. The zero-order valence-corrected chi connectivity index (χ0v) is 24.0. The van der Waals surface area contributed by atoms with Crippen molar-refractivity contribution in [2.24, 2.45) is 22.7 Å². The van der Waals surface area contributed by atoms with Gasteiger partial charge >= 0.3 is 0 Å². The summed E-state index contributed by atoms with van der Waals surface area (Å²) in [5, 5.41) is 0. The number of carbonyl (C=O) groups is 1. The van der Waals surface area contributed by atoms with Crippen LogP contribution in [0.15, 0.2) is 11.6 Å². The lowest BCUT2D eigenvalue weighted by Crippen LogP contribution is -2.45. The molecule has 4 heteroatoms. The molecule has 3 unspecified atom stereocenters. The van der Waals surface area contributed by atoms with Crippen LogP contribution in [0.4, 0.5) is 0 Å². The number of hydrogen-bond acceptors (Lipinski definition) is 4. The maximum absolute atomic E-state index is 10.3. The molecule has 200 valence electrons. The van der Waals surface area contributed by atoms with E-state index in [1.807, 2.05) is 13.8 Å². The fraction of sp³-hybridized carbons (Fsp3) is 0.900. The van der Waals surface area contributed by atoms with E-state index in [0.717, 1.165) is 19.3 Å². The van der Waals surface area contributed by atoms with Crippen LogP contribution in [0.25, 0.3) is 0 Å². The van der Waals surface area contributed by atoms with Crippen molar-refractivity contribution >= 4 is 6.29 Å². The molecule has 4 nitrogen and oxygen atoms in total. The summed E-state index contributed by atoms with van der Waals surface area (Å²) < 4.78 is 17.8. The minimum absolute atomic E-state index is 0.151. The Balaban J connectivity index is 0.000000380. The van der Waals surface area contributed by atoms with Gasteiger partial charge in [0.2, 0.25) is 0 Å². The molecule has 3 atom stereocenters. The first-order chi connectivity index (χ1) is 15.9. The molecule has 2 fully saturated rings. The molecule has 0 amide bonds. The molecule has 2 rings (SSSR count). The average molecular weight is 481 g/mol. The quantitative estimate of drug-likeness (QED) is 0.170. The summed E-state index contributed by atoms with van der Waals surface area (Å²) in [7, 11) is 0. The highest BCUT2D eigenvalue weighted by atomic mass is 16.7. The Bertz CT molecular complexity index is 603. The smallest absolute Gasteiger partial charge is 0.160 e. The maximum atomic E-state index is 10.3. The van der Waals surface area contributed by atoms with E-state index in [0.29, 0.717) is 35.9 Å². The van der Waals surface area contributed by atoms with Crippen molar-refractivity contribution in [2.75, 3.05) is 19.8 Å². The SMILES string of the molecule is C/C(=C\C=O)C1CCCC(C)(C)C1.CCOC(CC(C)(OCC)C1CCCC(C)(C)C1)OCC. The lowest BCUT2D eigenvalue weighted by molar-refractivity contribution is -0.192. The van der Waals surface area contributed by atoms with Gasteiger partial charge in [0, 0.05) is 26.2 Å². The van der Waals surface area contributed by atoms with E-state index in [2.05, 4.69) is 48.5 Å². The van der Waals surface area contributed by atoms with Crippen molar-refractivity contribution in [3.8, 4) is 0 Å². The van der Waals surface area contributed by atoms with Gasteiger partial charge in [0.15, 0.2) is 6.29 Å². The van der Waals surface area contributed by atoms with Crippen LogP contribution in [0.1, 0.15) is 120 Å². The van der Waals surface area contributed by atoms with E-state index in [9.17, 15) is 4.79 Å². The molecule has 2 aliphatic rings. The molecule has 0 aromatic rings. The van der Waals surface area contributed by atoms with Crippen LogP contribution in [-0.4, -0.2) is 38.0 Å². The molecule has 0 aromatic carbocycles. The first-order valence-electron chi connectivity index (χ1n) is 13.9. The molecule has 0 bridgehead atoms. The van der Waals surface area contributed by atoms with Crippen LogP contribution in [0.2, 0.25) is 0 Å². The number of allylic oxidation sites excluding steroid dienone is 2. The predicted octanol–water partition coefficient (Wildman–Crippen LogP) is 8.14. The van der Waals surface area contributed by atoms with Crippen molar-refractivity contribution in [3.05, 3.63) is 11.6 Å². The van der Waals surface area contributed by atoms with Gasteiger partial charge in [-0.3, -0.25) is 4.79 Å². The van der Waals surface area contributed by atoms with Crippen LogP contribution in [0.3, 0.4) is 0 Å². The van der Waals surface area contributed by atoms with Gasteiger partial charge in [0.1, 0.15) is 6.29 Å². The predicted molar refractivity (Wildman–Crippen MR) is 143 cm³/mol. The molecular weight excluding hydrogens is 424 g/mol. The van der Waals surface area contributed by atoms with Crippen molar-refractivity contribution in [2.45, 2.75) is 132 Å². The summed E-state index contributed by atoms with van der Waals surface area (Å²) in [6.07, 6.45) is 13.6. The molecule has 34 heavy (non-hydrogen) atoms. The fourth-order valence-corrected chi connectivity index (χ4v) is 6.09. The van der Waals surface area contributed by atoms with E-state index in [4.69, 9.17) is 14.2 Å². The largest absolute Gasteiger partial charge is 0.375 e. The molecule has 2 saturated carbocycles. The van der Waals surface area contributed by atoms with E-state index < -0.39 is 0 Å². The topological polar surface area (TPSA) is 44.8 Å². The highest BCUT2D eigenvalue weighted by Crippen LogP contribution is 2.46. The zero-order valence-electron chi connectivity index (χ0n) is 24.0. The van der Waals surface area contributed by atoms with E-state index in [1.165, 1.54) is 56.9 Å². The molecule has 0 aliphatic heterocycles. The Morgan fingerprint density at radius 2 is 1.50 bits per heavy atom. The number of carbonyl (C=O) groups excluding carboxylic acids is 1. The molecule has 0 spiro atoms. The second-order valence-electron chi connectivity index (χ2n) is 12.3. The molecular formula is C30H56O4. The minimum Gasteiger partial charge on any atom is -0.375 e. The van der Waals surface area contributed by atoms with Gasteiger partial charge in [0.05, 0.1) is 5.60 Å². The third-order valence-electron chi connectivity index (χ3n) is 8.00. The van der Waals surface area contributed by atoms with Crippen LogP contribution in [0.5, 0.6) is 0 Å². The van der Waals surface area contributed by atoms with E-state index >= 15 is 0 Å². The third kappa shape index (κ3) is 10.9. The standard InChI is InChI=1S/C18H36O3.C12H20O/c1-7-19-16(20-8-2)14-18(6,21-9-3)15-11-10-12-17(4,5)13-15;1-10(6-8-13)11-5-4-7-12(2,3)9-11/h15-16H,7-14H2,1-6H3;6,8,11H,4-5,7,9H2,1-3H3/b;10-6+. The van der Waals surface area contributed by atoms with Gasteiger partial charge in [0.25, 0.3) is 0 Å². The van der Waals surface area contributed by atoms with Gasteiger partial charge in [-0.05, 0) is 102 Å². The summed E-state index contributed by atoms with van der Waals surface area (Å²) in [6, 6.07) is 0. The van der Waals surface area contributed by atoms with Crippen molar-refractivity contribution in [1.82, 2.24) is 0 Å². The zero-order chi connectivity index (χ0) is 25.8. The van der Waals surface area contributed by atoms with E-state index in [-0.39, 0.29) is 11.9 Å². The lowest BCUT2D eigenvalue weighted by atomic mass is 9.66. The number of ether oxygens (including phenoxy) is 3. The van der Waals surface area contributed by atoms with Crippen molar-refractivity contribution in [3.63, 3.8) is 0 Å². The normalized spacial score (nSPS) is 26.4. The Morgan fingerprint density at radius 3 is 1.97 bits per heavy atom. The van der Waals surface area contributed by atoms with Gasteiger partial charge in [-0.1, -0.05) is 46.1 Å². The number of aldehydes is 1. The van der Waals surface area contributed by atoms with Crippen LogP contribution in [0, 0.1) is 22.7 Å². The molecule has 0 radical (unpaired) electrons. The van der Waals surface area contributed by atoms with Crippen molar-refractivity contribution in [1.29, 1.82) is 0 Å². The fourth-order valence-electron chi connectivity index (χ4n) is 6.09. The second-order valence-corrected chi connectivity index (χ2v) is 12.3. The third-order valence-corrected chi connectivity index (χ3v) is 8.00. The summed E-state index contributed by atoms with van der Waals surface area (Å²) in [6.45, 7) is 22.0. The monoisotopic (exact) mass is 480 g/mol. The molecule has 0 heterocycles. The lowest BCUT2D eigenvalue weighted by Gasteiger charge is -2.45. The first-order valence-corrected chi connectivity index (χ1v) is 13.9. The first kappa shape index (κ1) is 31.3. The highest BCUT2D eigenvalue weighted by Gasteiger charge is 2.42. The number of hydrogen-bond donors (Lipinski definition) is 0. The van der Waals surface area contributed by atoms with Gasteiger partial charge in [-0.25, -0.2) is 0 Å². The minimum atomic E-state index is -0.151. The maximum Gasteiger partial charge on any atom is 0.160 e. The van der Waals surface area contributed by atoms with Crippen LogP contribution in [-0.2, 0) is 19.0 Å². The molecule has 0 saturated heterocycles. The van der Waals surface area contributed by atoms with Crippen molar-refractivity contribution < 1.29 is 19.0 Å². The van der Waals surface area contributed by atoms with Crippen LogP contribution < -0.4 is 0 Å². The summed E-state index contributed by atoms with van der Waals surface area (Å²) in [4.78, 5) is 10.3. The van der Waals surface area contributed by atoms with Crippen LogP contribution >= 0.6 is 0 Å². The highest BCUT2D eigenvalue weighted by molar-refractivity contribution is 5.66.